The fraction of sp³-hybridized carbons (Fsp3) is 0.700. The molecule has 2 heterocycles. The Bertz CT molecular complexity index is 237. The van der Waals surface area contributed by atoms with Gasteiger partial charge in [-0.25, -0.2) is 0 Å². The first-order chi connectivity index (χ1) is 6.29. The summed E-state index contributed by atoms with van der Waals surface area (Å²) in [6, 6.07) is 0.0224. The maximum absolute atomic E-state index is 11.7. The average Bonchev–Trinajstić information content (AvgIpc) is 2.29. The van der Waals surface area contributed by atoms with E-state index in [-0.39, 0.29) is 11.9 Å². The van der Waals surface area contributed by atoms with Crippen molar-refractivity contribution >= 4 is 5.91 Å². The molecule has 1 amide bonds. The van der Waals surface area contributed by atoms with Gasteiger partial charge in [0.1, 0.15) is 0 Å². The van der Waals surface area contributed by atoms with E-state index in [4.69, 9.17) is 5.73 Å². The molecule has 0 saturated carbocycles. The van der Waals surface area contributed by atoms with Crippen molar-refractivity contribution in [2.75, 3.05) is 6.54 Å². The SMILES string of the molecule is N[C@H]1CC=C[C@H]2CCCCN2C1=O. The van der Waals surface area contributed by atoms with Crippen molar-refractivity contribution < 1.29 is 4.79 Å². The molecule has 0 aromatic heterocycles. The number of nitrogens with two attached hydrogens (primary N) is 1. The highest BCUT2D eigenvalue weighted by molar-refractivity contribution is 5.82. The summed E-state index contributed by atoms with van der Waals surface area (Å²) in [5.41, 5.74) is 5.74. The Balaban J connectivity index is 2.17. The lowest BCUT2D eigenvalue weighted by atomic mass is 10.0. The van der Waals surface area contributed by atoms with Gasteiger partial charge in [-0.3, -0.25) is 4.79 Å². The predicted molar refractivity (Wildman–Crippen MR) is 51.1 cm³/mol. The van der Waals surface area contributed by atoms with Crippen molar-refractivity contribution in [1.82, 2.24) is 4.90 Å². The molecule has 13 heavy (non-hydrogen) atoms. The van der Waals surface area contributed by atoms with E-state index < -0.39 is 0 Å². The molecule has 2 aliphatic heterocycles. The van der Waals surface area contributed by atoms with Crippen LogP contribution in [0.25, 0.3) is 0 Å². The highest BCUT2D eigenvalue weighted by Gasteiger charge is 2.29. The smallest absolute Gasteiger partial charge is 0.240 e. The van der Waals surface area contributed by atoms with Gasteiger partial charge in [-0.1, -0.05) is 12.2 Å². The van der Waals surface area contributed by atoms with Crippen LogP contribution in [-0.4, -0.2) is 29.4 Å². The lowest BCUT2D eigenvalue weighted by Gasteiger charge is -2.34. The van der Waals surface area contributed by atoms with Crippen molar-refractivity contribution in [2.24, 2.45) is 5.73 Å². The highest BCUT2D eigenvalue weighted by Crippen LogP contribution is 2.21. The molecule has 3 heteroatoms. The number of fused-ring (bicyclic) bond motifs is 1. The van der Waals surface area contributed by atoms with E-state index in [1.807, 2.05) is 4.90 Å². The van der Waals surface area contributed by atoms with Crippen molar-refractivity contribution in [3.05, 3.63) is 12.2 Å². The molecular formula is C10H16N2O. The molecule has 3 nitrogen and oxygen atoms in total. The molecule has 72 valence electrons. The van der Waals surface area contributed by atoms with Gasteiger partial charge >= 0.3 is 0 Å². The Kier molecular flexibility index (Phi) is 2.36. The van der Waals surface area contributed by atoms with Crippen LogP contribution in [0.4, 0.5) is 0 Å². The number of carbonyl (C=O) groups excluding carboxylic acids is 1. The van der Waals surface area contributed by atoms with Gasteiger partial charge in [0.05, 0.1) is 12.1 Å². The van der Waals surface area contributed by atoms with Gasteiger partial charge in [0, 0.05) is 6.54 Å². The minimum Gasteiger partial charge on any atom is -0.335 e. The summed E-state index contributed by atoms with van der Waals surface area (Å²) in [5.74, 6) is 0.134. The van der Waals surface area contributed by atoms with Gasteiger partial charge in [-0.2, -0.15) is 0 Å². The third kappa shape index (κ3) is 1.61. The van der Waals surface area contributed by atoms with Crippen molar-refractivity contribution in [3.63, 3.8) is 0 Å². The Labute approximate surface area is 78.6 Å². The number of hydrogen-bond acceptors (Lipinski definition) is 2. The maximum Gasteiger partial charge on any atom is 0.240 e. The van der Waals surface area contributed by atoms with Crippen molar-refractivity contribution in [2.45, 2.75) is 37.8 Å². The molecule has 2 atom stereocenters. The second kappa shape index (κ2) is 3.50. The van der Waals surface area contributed by atoms with Gasteiger partial charge in [0.2, 0.25) is 5.91 Å². The minimum absolute atomic E-state index is 0.134. The molecule has 0 aromatic carbocycles. The van der Waals surface area contributed by atoms with E-state index in [2.05, 4.69) is 12.2 Å². The fourth-order valence-electron chi connectivity index (χ4n) is 2.13. The van der Waals surface area contributed by atoms with Crippen LogP contribution in [0.3, 0.4) is 0 Å². The number of piperidine rings is 1. The third-order valence-electron chi connectivity index (χ3n) is 2.90. The first kappa shape index (κ1) is 8.75. The molecule has 1 fully saturated rings. The molecule has 2 N–H and O–H groups in total. The normalized spacial score (nSPS) is 34.2. The van der Waals surface area contributed by atoms with Crippen LogP contribution in [-0.2, 0) is 4.79 Å². The lowest BCUT2D eigenvalue weighted by Crippen LogP contribution is -2.48. The van der Waals surface area contributed by atoms with Crippen LogP contribution < -0.4 is 5.73 Å². The molecule has 0 unspecified atom stereocenters. The molecule has 0 bridgehead atoms. The van der Waals surface area contributed by atoms with Gasteiger partial charge in [0.15, 0.2) is 0 Å². The van der Waals surface area contributed by atoms with Gasteiger partial charge in [0.25, 0.3) is 0 Å². The maximum atomic E-state index is 11.7. The van der Waals surface area contributed by atoms with E-state index in [0.29, 0.717) is 12.5 Å². The second-order valence-electron chi connectivity index (χ2n) is 3.87. The molecule has 2 aliphatic rings. The highest BCUT2D eigenvalue weighted by atomic mass is 16.2. The summed E-state index contributed by atoms with van der Waals surface area (Å²) >= 11 is 0. The topological polar surface area (TPSA) is 46.3 Å². The van der Waals surface area contributed by atoms with Crippen molar-refractivity contribution in [1.29, 1.82) is 0 Å². The van der Waals surface area contributed by atoms with E-state index >= 15 is 0 Å². The van der Waals surface area contributed by atoms with Crippen LogP contribution in [0.5, 0.6) is 0 Å². The zero-order valence-corrected chi connectivity index (χ0v) is 7.78. The number of nitrogens with zero attached hydrogens (tertiary/aromatic N) is 1. The first-order valence-electron chi connectivity index (χ1n) is 5.02. The van der Waals surface area contributed by atoms with Crippen LogP contribution in [0.2, 0.25) is 0 Å². The molecule has 0 aromatic rings. The van der Waals surface area contributed by atoms with E-state index in [0.717, 1.165) is 19.4 Å². The van der Waals surface area contributed by atoms with Gasteiger partial charge < -0.3 is 10.6 Å². The Morgan fingerprint density at radius 2 is 2.31 bits per heavy atom. The van der Waals surface area contributed by atoms with Crippen LogP contribution in [0, 0.1) is 0 Å². The zero-order chi connectivity index (χ0) is 9.26. The summed E-state index contributed by atoms with van der Waals surface area (Å²) in [6.45, 7) is 0.890. The molecule has 2 rings (SSSR count). The summed E-state index contributed by atoms with van der Waals surface area (Å²) in [7, 11) is 0. The monoisotopic (exact) mass is 180 g/mol. The number of amides is 1. The van der Waals surface area contributed by atoms with Crippen LogP contribution >= 0.6 is 0 Å². The second-order valence-corrected chi connectivity index (χ2v) is 3.87. The summed E-state index contributed by atoms with van der Waals surface area (Å²) in [5, 5.41) is 0. The van der Waals surface area contributed by atoms with E-state index in [1.165, 1.54) is 6.42 Å². The van der Waals surface area contributed by atoms with E-state index in [1.54, 1.807) is 0 Å². The summed E-state index contributed by atoms with van der Waals surface area (Å²) < 4.78 is 0. The summed E-state index contributed by atoms with van der Waals surface area (Å²) in [6.07, 6.45) is 8.36. The largest absolute Gasteiger partial charge is 0.335 e. The zero-order valence-electron chi connectivity index (χ0n) is 7.78. The standard InChI is InChI=1S/C10H16N2O/c11-9-6-3-5-8-4-1-2-7-12(8)10(9)13/h3,5,8-9H,1-2,4,6-7,11H2/t8-,9+/m1/s1. The lowest BCUT2D eigenvalue weighted by molar-refractivity contribution is -0.134. The third-order valence-corrected chi connectivity index (χ3v) is 2.90. The number of carbonyl (C=O) groups is 1. The summed E-state index contributed by atoms with van der Waals surface area (Å²) in [4.78, 5) is 13.7. The van der Waals surface area contributed by atoms with Gasteiger partial charge in [-0.15, -0.1) is 0 Å². The molecule has 0 spiro atoms. The average molecular weight is 180 g/mol. The fourth-order valence-corrected chi connectivity index (χ4v) is 2.13. The minimum atomic E-state index is -0.306. The van der Waals surface area contributed by atoms with Crippen LogP contribution in [0.1, 0.15) is 25.7 Å². The number of rotatable bonds is 0. The van der Waals surface area contributed by atoms with Crippen molar-refractivity contribution in [3.8, 4) is 0 Å². The molecule has 0 radical (unpaired) electrons. The molecule has 0 aliphatic carbocycles. The Morgan fingerprint density at radius 3 is 3.15 bits per heavy atom. The first-order valence-corrected chi connectivity index (χ1v) is 5.02. The number of hydrogen-bond donors (Lipinski definition) is 1. The molecular weight excluding hydrogens is 164 g/mol. The quantitative estimate of drug-likeness (QED) is 0.556. The van der Waals surface area contributed by atoms with Crippen LogP contribution in [0.15, 0.2) is 12.2 Å². The predicted octanol–water partition coefficient (Wildman–Crippen LogP) is 0.655. The van der Waals surface area contributed by atoms with Gasteiger partial charge in [-0.05, 0) is 25.7 Å². The Hall–Kier alpha value is -0.830. The molecule has 1 saturated heterocycles. The van der Waals surface area contributed by atoms with E-state index in [9.17, 15) is 4.79 Å². The Morgan fingerprint density at radius 1 is 1.46 bits per heavy atom.